The van der Waals surface area contributed by atoms with Crippen LogP contribution in [0.3, 0.4) is 0 Å². The van der Waals surface area contributed by atoms with E-state index in [1.54, 1.807) is 6.07 Å². The third-order valence-electron chi connectivity index (χ3n) is 12.9. The summed E-state index contributed by atoms with van der Waals surface area (Å²) in [6.07, 6.45) is 13.0. The van der Waals surface area contributed by atoms with Gasteiger partial charge in [0.05, 0.1) is 16.4 Å². The largest absolute Gasteiger partial charge is 0.221 e. The molecule has 49 heavy (non-hydrogen) atoms. The van der Waals surface area contributed by atoms with Crippen molar-refractivity contribution in [3.8, 4) is 22.5 Å². The molecule has 0 saturated carbocycles. The number of pyridine rings is 2. The molecule has 0 amide bonds. The van der Waals surface area contributed by atoms with Crippen molar-refractivity contribution in [3.05, 3.63) is 118 Å². The number of hydrogen-bond donors (Lipinski definition) is 0. The molecular weight excluding hydrogens is 600 g/mol. The van der Waals surface area contributed by atoms with Gasteiger partial charge in [-0.05, 0) is 97.7 Å². The van der Waals surface area contributed by atoms with Crippen LogP contribution < -0.4 is 9.13 Å². The molecule has 0 bridgehead atoms. The normalized spacial score (nSPS) is 20.2. The number of aryl methyl sites for hydroxylation is 5. The van der Waals surface area contributed by atoms with Crippen LogP contribution in [0.5, 0.6) is 0 Å². The molecule has 7 rings (SSSR count). The molecule has 0 radical (unpaired) electrons. The second kappa shape index (κ2) is 12.2. The number of aromatic nitrogens is 2. The van der Waals surface area contributed by atoms with Crippen LogP contribution in [0.4, 0.5) is 4.39 Å². The van der Waals surface area contributed by atoms with Crippen LogP contribution in [0.15, 0.2) is 73.1 Å². The van der Waals surface area contributed by atoms with Crippen molar-refractivity contribution in [1.82, 2.24) is 0 Å². The Bertz CT molecular complexity index is 2110. The number of unbranched alkanes of at least 4 members (excludes halogenated alkanes) is 1. The summed E-state index contributed by atoms with van der Waals surface area (Å²) in [6, 6.07) is 22.6. The fourth-order valence-electron chi connectivity index (χ4n) is 9.97. The van der Waals surface area contributed by atoms with Gasteiger partial charge in [-0.2, -0.15) is 4.57 Å². The average Bonchev–Trinajstić information content (AvgIpc) is 3.09. The molecule has 0 saturated heterocycles. The zero-order valence-electron chi connectivity index (χ0n) is 31.4. The first-order valence-corrected chi connectivity index (χ1v) is 18.8. The highest BCUT2D eigenvalue weighted by Crippen LogP contribution is 2.59. The van der Waals surface area contributed by atoms with Crippen molar-refractivity contribution in [2.24, 2.45) is 7.05 Å². The lowest BCUT2D eigenvalue weighted by molar-refractivity contribution is -0.765. The molecule has 2 aliphatic rings. The molecule has 1 aliphatic carbocycles. The van der Waals surface area contributed by atoms with Crippen molar-refractivity contribution in [1.29, 1.82) is 0 Å². The van der Waals surface area contributed by atoms with Crippen molar-refractivity contribution < 1.29 is 13.5 Å². The molecule has 2 atom stereocenters. The third-order valence-corrected chi connectivity index (χ3v) is 12.9. The van der Waals surface area contributed by atoms with Crippen molar-refractivity contribution in [2.75, 3.05) is 0 Å². The van der Waals surface area contributed by atoms with Gasteiger partial charge < -0.3 is 0 Å². The van der Waals surface area contributed by atoms with E-state index in [1.807, 2.05) is 0 Å². The number of rotatable bonds is 10. The molecule has 2 aromatic heterocycles. The van der Waals surface area contributed by atoms with E-state index < -0.39 is 5.41 Å². The van der Waals surface area contributed by atoms with Crippen molar-refractivity contribution in [3.63, 3.8) is 0 Å². The van der Waals surface area contributed by atoms with Gasteiger partial charge in [0, 0.05) is 48.1 Å². The minimum atomic E-state index is -0.443. The van der Waals surface area contributed by atoms with E-state index in [4.69, 9.17) is 0 Å². The predicted octanol–water partition coefficient (Wildman–Crippen LogP) is 10.8. The van der Waals surface area contributed by atoms with Gasteiger partial charge in [-0.1, -0.05) is 76.9 Å². The van der Waals surface area contributed by atoms with E-state index in [0.29, 0.717) is 0 Å². The highest BCUT2D eigenvalue weighted by Gasteiger charge is 2.61. The molecule has 1 aliphatic heterocycles. The van der Waals surface area contributed by atoms with E-state index >= 15 is 4.39 Å². The average molecular weight is 655 g/mol. The first-order valence-electron chi connectivity index (χ1n) is 18.8. The predicted molar refractivity (Wildman–Crippen MR) is 202 cm³/mol. The Labute approximate surface area is 294 Å². The van der Waals surface area contributed by atoms with Crippen LogP contribution in [-0.4, -0.2) is 0 Å². The summed E-state index contributed by atoms with van der Waals surface area (Å²) in [5, 5.41) is 2.62. The smallest absolute Gasteiger partial charge is 0.207 e. The topological polar surface area (TPSA) is 7.76 Å². The van der Waals surface area contributed by atoms with Crippen LogP contribution in [-0.2, 0) is 36.3 Å². The SMILES string of the molecule is CCCCc1cc2c3c4[n+](ccc3c1)C(C)(CC)C(CC)(CCCc1ccc(C)cc1-c1cc(C)cc[n+]1C)c1ccc(F)c(c1-4)C2(C)C. The van der Waals surface area contributed by atoms with E-state index in [-0.39, 0.29) is 16.8 Å². The van der Waals surface area contributed by atoms with Crippen LogP contribution in [0.1, 0.15) is 119 Å². The minimum Gasteiger partial charge on any atom is -0.207 e. The fraction of sp³-hybridized carbons (Fsp3) is 0.435. The van der Waals surface area contributed by atoms with Crippen molar-refractivity contribution in [2.45, 2.75) is 123 Å². The van der Waals surface area contributed by atoms with Gasteiger partial charge in [0.15, 0.2) is 17.9 Å². The van der Waals surface area contributed by atoms with Crippen LogP contribution in [0.25, 0.3) is 33.3 Å². The molecule has 2 unspecified atom stereocenters. The van der Waals surface area contributed by atoms with Gasteiger partial charge in [-0.25, -0.2) is 8.96 Å². The second-order valence-corrected chi connectivity index (χ2v) is 16.0. The minimum absolute atomic E-state index is 0.0719. The Hall–Kier alpha value is -3.85. The molecule has 254 valence electrons. The van der Waals surface area contributed by atoms with Gasteiger partial charge in [-0.3, -0.25) is 0 Å². The van der Waals surface area contributed by atoms with Gasteiger partial charge in [0.2, 0.25) is 11.4 Å². The molecule has 0 N–H and O–H groups in total. The van der Waals surface area contributed by atoms with Gasteiger partial charge >= 0.3 is 0 Å². The van der Waals surface area contributed by atoms with E-state index in [9.17, 15) is 0 Å². The van der Waals surface area contributed by atoms with E-state index in [2.05, 4.69) is 139 Å². The molecule has 3 heteroatoms. The molecule has 3 heterocycles. The molecule has 0 fully saturated rings. The van der Waals surface area contributed by atoms with Crippen LogP contribution >= 0.6 is 0 Å². The highest BCUT2D eigenvalue weighted by molar-refractivity contribution is 6.01. The maximum atomic E-state index is 16.5. The number of halogens is 1. The number of benzene rings is 3. The van der Waals surface area contributed by atoms with Gasteiger partial charge in [-0.15, -0.1) is 0 Å². The maximum Gasteiger partial charge on any atom is 0.221 e. The lowest BCUT2D eigenvalue weighted by Gasteiger charge is -2.51. The Morgan fingerprint density at radius 1 is 0.755 bits per heavy atom. The van der Waals surface area contributed by atoms with Gasteiger partial charge in [0.25, 0.3) is 0 Å². The number of hydrogen-bond acceptors (Lipinski definition) is 0. The molecule has 2 nitrogen and oxygen atoms in total. The standard InChI is InChI=1S/C46H55FN2/c1-10-13-15-32-28-34-22-25-49-43-40(34)37(29-32)44(6,7)42-38(47)20-19-36(41(42)43)46(12-3,45(49,8)11-2)23-14-16-33-18-17-30(4)26-35(33)39-27-31(5)21-24-48(39)9/h17-22,24-29H,10-16,23H2,1-9H3/q+2. The lowest BCUT2D eigenvalue weighted by atomic mass is 9.54. The summed E-state index contributed by atoms with van der Waals surface area (Å²) in [7, 11) is 2.15. The first kappa shape index (κ1) is 33.6. The number of nitrogens with zero attached hydrogens (tertiary/aromatic N) is 2. The summed E-state index contributed by atoms with van der Waals surface area (Å²) >= 11 is 0. The van der Waals surface area contributed by atoms with Crippen LogP contribution in [0, 0.1) is 19.7 Å². The Morgan fingerprint density at radius 3 is 2.27 bits per heavy atom. The Kier molecular flexibility index (Phi) is 8.36. The summed E-state index contributed by atoms with van der Waals surface area (Å²) in [4.78, 5) is 0. The lowest BCUT2D eigenvalue weighted by Crippen LogP contribution is -2.69. The molecular formula is C46H55FN2+2. The quantitative estimate of drug-likeness (QED) is 0.132. The summed E-state index contributed by atoms with van der Waals surface area (Å²) in [5.74, 6) is -0.0719. The van der Waals surface area contributed by atoms with Crippen molar-refractivity contribution >= 4 is 10.8 Å². The molecule has 0 spiro atoms. The first-order chi connectivity index (χ1) is 23.4. The Balaban J connectivity index is 1.39. The zero-order valence-corrected chi connectivity index (χ0v) is 31.4. The highest BCUT2D eigenvalue weighted by atomic mass is 19.1. The van der Waals surface area contributed by atoms with E-state index in [0.717, 1.165) is 44.1 Å². The fourth-order valence-corrected chi connectivity index (χ4v) is 9.97. The van der Waals surface area contributed by atoms with Crippen LogP contribution in [0.2, 0.25) is 0 Å². The van der Waals surface area contributed by atoms with E-state index in [1.165, 1.54) is 79.5 Å². The molecule has 5 aromatic rings. The Morgan fingerprint density at radius 2 is 1.53 bits per heavy atom. The maximum absolute atomic E-state index is 16.5. The van der Waals surface area contributed by atoms with Gasteiger partial charge in [0.1, 0.15) is 12.9 Å². The second-order valence-electron chi connectivity index (χ2n) is 16.0. The summed E-state index contributed by atoms with van der Waals surface area (Å²) < 4.78 is 21.3. The zero-order chi connectivity index (χ0) is 34.9. The molecule has 3 aromatic carbocycles. The third kappa shape index (κ3) is 4.93. The summed E-state index contributed by atoms with van der Waals surface area (Å²) in [6.45, 7) is 18.4. The summed E-state index contributed by atoms with van der Waals surface area (Å²) in [5.41, 5.74) is 13.1. The monoisotopic (exact) mass is 654 g/mol.